The Bertz CT molecular complexity index is 293. The molecule has 0 saturated carbocycles. The second-order valence-corrected chi connectivity index (χ2v) is 4.37. The van der Waals surface area contributed by atoms with Gasteiger partial charge in [-0.1, -0.05) is 34.2 Å². The number of hydrogen-bond donors (Lipinski definition) is 0. The van der Waals surface area contributed by atoms with Crippen LogP contribution in [-0.4, -0.2) is 22.8 Å². The van der Waals surface area contributed by atoms with Crippen LogP contribution in [0.3, 0.4) is 0 Å². The molecule has 1 heterocycles. The molecule has 1 aliphatic carbocycles. The Kier molecular flexibility index (Phi) is 2.39. The number of rotatable bonds is 0. The smallest absolute Gasteiger partial charge is 0.177 e. The first-order chi connectivity index (χ1) is 6.20. The molecule has 70 valence electrons. The Morgan fingerprint density at radius 1 is 1.62 bits per heavy atom. The lowest BCUT2D eigenvalue weighted by atomic mass is 9.92. The second-order valence-electron chi connectivity index (χ2n) is 3.38. The van der Waals surface area contributed by atoms with Crippen LogP contribution in [0.1, 0.15) is 13.3 Å². The maximum Gasteiger partial charge on any atom is 0.177 e. The van der Waals surface area contributed by atoms with E-state index < -0.39 is 0 Å². The van der Waals surface area contributed by atoms with Crippen LogP contribution in [0.2, 0.25) is 0 Å². The van der Waals surface area contributed by atoms with Gasteiger partial charge < -0.3 is 4.74 Å². The molecule has 0 N–H and O–H groups in total. The van der Waals surface area contributed by atoms with E-state index in [4.69, 9.17) is 4.74 Å². The molecule has 0 aromatic carbocycles. The van der Waals surface area contributed by atoms with E-state index in [2.05, 4.69) is 15.9 Å². The molecule has 0 aromatic heterocycles. The highest BCUT2D eigenvalue weighted by Crippen LogP contribution is 2.30. The SMILES string of the molecule is CC1OC2CC=CC=C2C(=O)C1Br. The summed E-state index contributed by atoms with van der Waals surface area (Å²) in [6.45, 7) is 1.92. The zero-order chi connectivity index (χ0) is 9.42. The van der Waals surface area contributed by atoms with Crippen molar-refractivity contribution >= 4 is 21.7 Å². The van der Waals surface area contributed by atoms with Crippen LogP contribution >= 0.6 is 15.9 Å². The molecule has 2 nitrogen and oxygen atoms in total. The van der Waals surface area contributed by atoms with E-state index in [9.17, 15) is 4.79 Å². The van der Waals surface area contributed by atoms with Gasteiger partial charge >= 0.3 is 0 Å². The minimum atomic E-state index is -0.179. The van der Waals surface area contributed by atoms with Gasteiger partial charge in [-0.15, -0.1) is 0 Å². The lowest BCUT2D eigenvalue weighted by Crippen LogP contribution is -2.43. The maximum absolute atomic E-state index is 11.7. The fourth-order valence-corrected chi connectivity index (χ4v) is 2.07. The third-order valence-electron chi connectivity index (χ3n) is 2.43. The summed E-state index contributed by atoms with van der Waals surface area (Å²) in [7, 11) is 0. The van der Waals surface area contributed by atoms with Crippen LogP contribution in [0.5, 0.6) is 0 Å². The number of ketones is 1. The summed E-state index contributed by atoms with van der Waals surface area (Å²) < 4.78 is 5.69. The molecule has 0 spiro atoms. The van der Waals surface area contributed by atoms with Crippen molar-refractivity contribution in [1.82, 2.24) is 0 Å². The standard InChI is InChI=1S/C10H11BrO2/c1-6-9(11)10(12)7-4-2-3-5-8(7)13-6/h2-4,6,8-9H,5H2,1H3. The zero-order valence-corrected chi connectivity index (χ0v) is 8.95. The van der Waals surface area contributed by atoms with Crippen LogP contribution in [0, 0.1) is 0 Å². The average Bonchev–Trinajstić information content (AvgIpc) is 2.15. The number of Topliss-reactive ketones (excluding diaryl/α,β-unsaturated/α-hetero) is 1. The predicted molar refractivity (Wildman–Crippen MR) is 53.9 cm³/mol. The summed E-state index contributed by atoms with van der Waals surface area (Å²) in [6.07, 6.45) is 6.59. The highest BCUT2D eigenvalue weighted by atomic mass is 79.9. The predicted octanol–water partition coefficient (Wildman–Crippen LogP) is 1.99. The van der Waals surface area contributed by atoms with E-state index in [1.54, 1.807) is 0 Å². The number of alkyl halides is 1. The van der Waals surface area contributed by atoms with Gasteiger partial charge in [0.05, 0.1) is 12.2 Å². The van der Waals surface area contributed by atoms with Crippen molar-refractivity contribution in [2.24, 2.45) is 0 Å². The molecule has 2 aliphatic rings. The van der Waals surface area contributed by atoms with Gasteiger partial charge in [-0.25, -0.2) is 0 Å². The van der Waals surface area contributed by atoms with Gasteiger partial charge in [0.1, 0.15) is 4.83 Å². The minimum absolute atomic E-state index is 0.0127. The van der Waals surface area contributed by atoms with Crippen LogP contribution in [0.4, 0.5) is 0 Å². The van der Waals surface area contributed by atoms with E-state index in [1.165, 1.54) is 0 Å². The van der Waals surface area contributed by atoms with E-state index >= 15 is 0 Å². The molecule has 1 saturated heterocycles. The van der Waals surface area contributed by atoms with Crippen LogP contribution < -0.4 is 0 Å². The van der Waals surface area contributed by atoms with Crippen LogP contribution in [-0.2, 0) is 9.53 Å². The van der Waals surface area contributed by atoms with E-state index in [0.29, 0.717) is 0 Å². The van der Waals surface area contributed by atoms with Crippen molar-refractivity contribution in [3.05, 3.63) is 23.8 Å². The summed E-state index contributed by atoms with van der Waals surface area (Å²) in [4.78, 5) is 11.6. The fraction of sp³-hybridized carbons (Fsp3) is 0.500. The first-order valence-electron chi connectivity index (χ1n) is 4.40. The summed E-state index contributed by atoms with van der Waals surface area (Å²) in [6, 6.07) is 0. The molecule has 0 aromatic rings. The van der Waals surface area contributed by atoms with Crippen LogP contribution in [0.25, 0.3) is 0 Å². The van der Waals surface area contributed by atoms with Gasteiger partial charge in [-0.05, 0) is 13.3 Å². The lowest BCUT2D eigenvalue weighted by molar-refractivity contribution is -0.124. The van der Waals surface area contributed by atoms with Gasteiger partial charge in [0.2, 0.25) is 0 Å². The molecular formula is C10H11BrO2. The van der Waals surface area contributed by atoms with Crippen molar-refractivity contribution in [3.8, 4) is 0 Å². The summed E-state index contributed by atoms with van der Waals surface area (Å²) in [5.41, 5.74) is 0.808. The third kappa shape index (κ3) is 1.51. The fourth-order valence-electron chi connectivity index (χ4n) is 1.68. The molecule has 0 amide bonds. The molecule has 2 rings (SSSR count). The summed E-state index contributed by atoms with van der Waals surface area (Å²) >= 11 is 3.34. The Labute approximate surface area is 85.8 Å². The van der Waals surface area contributed by atoms with Gasteiger partial charge in [0.15, 0.2) is 5.78 Å². The minimum Gasteiger partial charge on any atom is -0.368 e. The largest absolute Gasteiger partial charge is 0.368 e. The Morgan fingerprint density at radius 2 is 2.38 bits per heavy atom. The highest BCUT2D eigenvalue weighted by Gasteiger charge is 2.37. The second kappa shape index (κ2) is 3.39. The molecule has 0 bridgehead atoms. The molecule has 0 radical (unpaired) electrons. The van der Waals surface area contributed by atoms with Crippen molar-refractivity contribution in [1.29, 1.82) is 0 Å². The van der Waals surface area contributed by atoms with Crippen molar-refractivity contribution < 1.29 is 9.53 Å². The normalized spacial score (nSPS) is 38.5. The number of allylic oxidation sites excluding steroid dienone is 2. The topological polar surface area (TPSA) is 26.3 Å². The van der Waals surface area contributed by atoms with Crippen molar-refractivity contribution in [3.63, 3.8) is 0 Å². The molecule has 3 unspecified atom stereocenters. The van der Waals surface area contributed by atoms with E-state index in [1.807, 2.05) is 25.2 Å². The molecule has 3 heteroatoms. The average molecular weight is 243 g/mol. The summed E-state index contributed by atoms with van der Waals surface area (Å²) in [5, 5.41) is 0. The number of carbonyl (C=O) groups is 1. The highest BCUT2D eigenvalue weighted by molar-refractivity contribution is 9.10. The van der Waals surface area contributed by atoms with Crippen LogP contribution in [0.15, 0.2) is 23.8 Å². The quantitative estimate of drug-likeness (QED) is 0.608. The monoisotopic (exact) mass is 242 g/mol. The number of fused-ring (bicyclic) bond motifs is 1. The Balaban J connectivity index is 2.29. The summed E-state index contributed by atoms with van der Waals surface area (Å²) in [5.74, 6) is 0.174. The Morgan fingerprint density at radius 3 is 3.15 bits per heavy atom. The molecule has 3 atom stereocenters. The zero-order valence-electron chi connectivity index (χ0n) is 7.37. The van der Waals surface area contributed by atoms with Crippen molar-refractivity contribution in [2.45, 2.75) is 30.4 Å². The molecule has 13 heavy (non-hydrogen) atoms. The first kappa shape index (κ1) is 9.16. The maximum atomic E-state index is 11.7. The first-order valence-corrected chi connectivity index (χ1v) is 5.32. The van der Waals surface area contributed by atoms with Gasteiger partial charge in [0.25, 0.3) is 0 Å². The van der Waals surface area contributed by atoms with Crippen molar-refractivity contribution in [2.75, 3.05) is 0 Å². The molecule has 1 fully saturated rings. The van der Waals surface area contributed by atoms with E-state index in [0.717, 1.165) is 12.0 Å². The number of carbonyl (C=O) groups excluding carboxylic acids is 1. The Hall–Kier alpha value is -0.410. The number of ether oxygens (including phenoxy) is 1. The lowest BCUT2D eigenvalue weighted by Gasteiger charge is -2.33. The van der Waals surface area contributed by atoms with E-state index in [-0.39, 0.29) is 22.8 Å². The number of halogens is 1. The van der Waals surface area contributed by atoms with Gasteiger partial charge in [-0.2, -0.15) is 0 Å². The van der Waals surface area contributed by atoms with Gasteiger partial charge in [-0.3, -0.25) is 4.79 Å². The molecule has 1 aliphatic heterocycles. The molecular weight excluding hydrogens is 232 g/mol. The number of hydrogen-bond acceptors (Lipinski definition) is 2. The van der Waals surface area contributed by atoms with Gasteiger partial charge in [0, 0.05) is 5.57 Å². The third-order valence-corrected chi connectivity index (χ3v) is 3.60.